The second kappa shape index (κ2) is 8.78. The summed E-state index contributed by atoms with van der Waals surface area (Å²) in [7, 11) is 0. The molecule has 0 aromatic heterocycles. The Morgan fingerprint density at radius 3 is 1.00 bits per heavy atom. The predicted octanol–water partition coefficient (Wildman–Crippen LogP) is 6.09. The Labute approximate surface area is 151 Å². The zero-order valence-electron chi connectivity index (χ0n) is 9.50. The first-order valence-corrected chi connectivity index (χ1v) is 8.82. The Hall–Kier alpha value is 1.44. The summed E-state index contributed by atoms with van der Waals surface area (Å²) in [4.78, 5) is 0. The molecular formula is C12H11BrCl6. The maximum atomic E-state index is 5.88. The van der Waals surface area contributed by atoms with Crippen molar-refractivity contribution in [2.75, 3.05) is 0 Å². The highest BCUT2D eigenvalue weighted by molar-refractivity contribution is 9.10. The molecule has 0 nitrogen and oxygen atoms in total. The first-order valence-electron chi connectivity index (χ1n) is 5.41. The molecular weight excluding hydrogens is 437 g/mol. The number of hydrogen-bond acceptors (Lipinski definition) is 0. The van der Waals surface area contributed by atoms with Crippen LogP contribution in [0.15, 0.2) is 34.8 Å². The summed E-state index contributed by atoms with van der Waals surface area (Å²) in [5.74, 6) is 0. The van der Waals surface area contributed by atoms with E-state index in [-0.39, 0.29) is 0 Å². The number of alkyl halides is 6. The third kappa shape index (κ3) is 5.29. The maximum absolute atomic E-state index is 5.88. The fraction of sp³-hybridized carbons (Fsp3) is 0.500. The minimum absolute atomic E-state index is 0.437. The van der Waals surface area contributed by atoms with Gasteiger partial charge in [0.1, 0.15) is 0 Å². The fourth-order valence-corrected chi connectivity index (χ4v) is 4.10. The van der Waals surface area contributed by atoms with Crippen molar-refractivity contribution in [2.45, 2.75) is 32.3 Å². The monoisotopic (exact) mass is 444 g/mol. The van der Waals surface area contributed by atoms with Gasteiger partial charge in [0.15, 0.2) is 0 Å². The van der Waals surface area contributed by atoms with E-state index in [9.17, 15) is 0 Å². The predicted molar refractivity (Wildman–Crippen MR) is 92.0 cm³/mol. The van der Waals surface area contributed by atoms with Gasteiger partial charge in [0.25, 0.3) is 0 Å². The second-order valence-corrected chi connectivity index (χ2v) is 7.90. The van der Waals surface area contributed by atoms with Crippen LogP contribution in [0.25, 0.3) is 0 Å². The van der Waals surface area contributed by atoms with Crippen molar-refractivity contribution in [3.63, 3.8) is 0 Å². The summed E-state index contributed by atoms with van der Waals surface area (Å²) in [6.07, 6.45) is 0. The highest BCUT2D eigenvalue weighted by Crippen LogP contribution is 2.39. The fourth-order valence-electron chi connectivity index (χ4n) is 1.47. The number of halogens is 7. The van der Waals surface area contributed by atoms with Crippen molar-refractivity contribution in [2.24, 2.45) is 0 Å². The average molecular weight is 448 g/mol. The molecule has 19 heavy (non-hydrogen) atoms. The molecule has 1 aliphatic rings. The second-order valence-electron chi connectivity index (χ2n) is 3.96. The molecule has 0 unspecified atom stereocenters. The Morgan fingerprint density at radius 2 is 0.842 bits per heavy atom. The zero-order chi connectivity index (χ0) is 14.6. The summed E-state index contributed by atoms with van der Waals surface area (Å²) in [5.41, 5.74) is 0. The highest BCUT2D eigenvalue weighted by Gasteiger charge is 2.46. The molecule has 0 heterocycles. The van der Waals surface area contributed by atoms with Crippen LogP contribution in [0.1, 0.15) is 0 Å². The van der Waals surface area contributed by atoms with Gasteiger partial charge in [-0.1, -0.05) is 34.1 Å². The molecule has 1 aromatic carbocycles. The van der Waals surface area contributed by atoms with Crippen molar-refractivity contribution in [1.29, 1.82) is 0 Å². The van der Waals surface area contributed by atoms with Gasteiger partial charge in [-0.25, -0.2) is 0 Å². The van der Waals surface area contributed by atoms with E-state index in [2.05, 4.69) is 15.9 Å². The van der Waals surface area contributed by atoms with Gasteiger partial charge in [0, 0.05) is 4.47 Å². The van der Waals surface area contributed by atoms with Crippen LogP contribution in [0.2, 0.25) is 0 Å². The minimum Gasteiger partial charge on any atom is -0.120 e. The Bertz CT molecular complexity index is 317. The molecule has 1 fully saturated rings. The Balaban J connectivity index is 0.000000218. The Kier molecular flexibility index (Phi) is 8.54. The van der Waals surface area contributed by atoms with E-state index < -0.39 is 32.3 Å². The van der Waals surface area contributed by atoms with Gasteiger partial charge in [-0.3, -0.25) is 0 Å². The van der Waals surface area contributed by atoms with Gasteiger partial charge in [-0.15, -0.1) is 69.6 Å². The minimum atomic E-state index is -0.437. The van der Waals surface area contributed by atoms with E-state index in [1.165, 1.54) is 0 Å². The van der Waals surface area contributed by atoms with Crippen LogP contribution < -0.4 is 0 Å². The molecule has 0 spiro atoms. The lowest BCUT2D eigenvalue weighted by molar-refractivity contribution is 0.544. The van der Waals surface area contributed by atoms with Gasteiger partial charge in [-0.05, 0) is 12.1 Å². The molecule has 0 saturated heterocycles. The molecule has 0 radical (unpaired) electrons. The van der Waals surface area contributed by atoms with Crippen LogP contribution in [0.4, 0.5) is 0 Å². The van der Waals surface area contributed by atoms with Crippen LogP contribution in [-0.2, 0) is 0 Å². The van der Waals surface area contributed by atoms with E-state index in [1.54, 1.807) is 0 Å². The van der Waals surface area contributed by atoms with E-state index in [0.29, 0.717) is 0 Å². The van der Waals surface area contributed by atoms with Crippen LogP contribution in [-0.4, -0.2) is 32.3 Å². The summed E-state index contributed by atoms with van der Waals surface area (Å²) in [6.45, 7) is 0. The van der Waals surface area contributed by atoms with Crippen molar-refractivity contribution in [3.8, 4) is 0 Å². The lowest BCUT2D eigenvalue weighted by atomic mass is 9.97. The smallest absolute Gasteiger partial charge is 0.0693 e. The van der Waals surface area contributed by atoms with Gasteiger partial charge >= 0.3 is 0 Å². The molecule has 0 N–H and O–H groups in total. The van der Waals surface area contributed by atoms with Gasteiger partial charge in [0.2, 0.25) is 0 Å². The van der Waals surface area contributed by atoms with E-state index in [0.717, 1.165) is 4.47 Å². The molecule has 108 valence electrons. The van der Waals surface area contributed by atoms with E-state index in [4.69, 9.17) is 69.6 Å². The lowest BCUT2D eigenvalue weighted by Gasteiger charge is -2.37. The van der Waals surface area contributed by atoms with E-state index >= 15 is 0 Å². The summed E-state index contributed by atoms with van der Waals surface area (Å²) >= 11 is 38.6. The molecule has 0 aliphatic heterocycles. The maximum Gasteiger partial charge on any atom is 0.0693 e. The molecule has 1 saturated carbocycles. The summed E-state index contributed by atoms with van der Waals surface area (Å²) in [5, 5.41) is -2.62. The molecule has 1 aliphatic carbocycles. The van der Waals surface area contributed by atoms with Crippen LogP contribution in [0, 0.1) is 0 Å². The number of hydrogen-bond donors (Lipinski definition) is 0. The summed E-state index contributed by atoms with van der Waals surface area (Å²) in [6, 6.07) is 9.97. The number of benzene rings is 1. The molecule has 7 heteroatoms. The molecule has 0 amide bonds. The van der Waals surface area contributed by atoms with Crippen molar-refractivity contribution < 1.29 is 0 Å². The first-order chi connectivity index (χ1) is 8.86. The summed E-state index contributed by atoms with van der Waals surface area (Å²) < 4.78 is 1.13. The molecule has 2 rings (SSSR count). The Morgan fingerprint density at radius 1 is 0.579 bits per heavy atom. The van der Waals surface area contributed by atoms with Gasteiger partial charge in [-0.2, -0.15) is 0 Å². The quantitative estimate of drug-likeness (QED) is 0.422. The third-order valence-electron chi connectivity index (χ3n) is 2.56. The standard InChI is InChI=1S/C6H5Br.C6H6Cl6/c7-6-4-2-1-3-5-6;7-1-2(8)4(10)6(12)5(11)3(1)9/h1-5H;1-6H/t;1-,2-,3-,4+,5+,6+. The zero-order valence-corrected chi connectivity index (χ0v) is 15.6. The van der Waals surface area contributed by atoms with Gasteiger partial charge in [0.05, 0.1) is 32.3 Å². The van der Waals surface area contributed by atoms with E-state index in [1.807, 2.05) is 30.3 Å². The third-order valence-corrected chi connectivity index (χ3v) is 7.12. The topological polar surface area (TPSA) is 0 Å². The average Bonchev–Trinajstić information content (AvgIpc) is 2.42. The highest BCUT2D eigenvalue weighted by atomic mass is 79.9. The van der Waals surface area contributed by atoms with Crippen LogP contribution in [0.3, 0.4) is 0 Å². The molecule has 0 atom stereocenters. The van der Waals surface area contributed by atoms with Crippen molar-refractivity contribution in [3.05, 3.63) is 34.8 Å². The normalized spacial score (nSPS) is 38.3. The van der Waals surface area contributed by atoms with Crippen LogP contribution in [0.5, 0.6) is 0 Å². The van der Waals surface area contributed by atoms with Crippen LogP contribution >= 0.6 is 85.5 Å². The molecule has 0 bridgehead atoms. The molecule has 1 aromatic rings. The van der Waals surface area contributed by atoms with Crippen molar-refractivity contribution >= 4 is 85.5 Å². The number of rotatable bonds is 0. The largest absolute Gasteiger partial charge is 0.120 e. The van der Waals surface area contributed by atoms with Crippen molar-refractivity contribution in [1.82, 2.24) is 0 Å². The van der Waals surface area contributed by atoms with Gasteiger partial charge < -0.3 is 0 Å². The SMILES string of the molecule is Brc1ccccc1.Cl[C@H]1[C@H](Cl)[C@@H](Cl)[C@@H](Cl)[C@H](Cl)[C@H]1Cl. The first kappa shape index (κ1) is 18.5. The lowest BCUT2D eigenvalue weighted by Crippen LogP contribution is -2.52.